The molecule has 0 radical (unpaired) electrons. The lowest BCUT2D eigenvalue weighted by Gasteiger charge is -2.17. The molecule has 0 unspecified atom stereocenters. The molecule has 1 N–H and O–H groups in total. The highest BCUT2D eigenvalue weighted by molar-refractivity contribution is 6.25. The van der Waals surface area contributed by atoms with Gasteiger partial charge in [0, 0.05) is 24.0 Å². The second-order valence-electron chi connectivity index (χ2n) is 6.63. The molecule has 0 amide bonds. The van der Waals surface area contributed by atoms with Crippen molar-refractivity contribution in [2.24, 2.45) is 0 Å². The highest BCUT2D eigenvalue weighted by Gasteiger charge is 2.28. The molecule has 0 spiro atoms. The van der Waals surface area contributed by atoms with Gasteiger partial charge in [-0.05, 0) is 31.9 Å². The number of rotatable bonds is 4. The number of allylic oxidation sites excluding steroid dienone is 1. The Labute approximate surface area is 153 Å². The number of aliphatic hydroxyl groups is 1. The third-order valence-corrected chi connectivity index (χ3v) is 4.66. The van der Waals surface area contributed by atoms with E-state index in [0.29, 0.717) is 42.7 Å². The molecule has 0 heterocycles. The van der Waals surface area contributed by atoms with E-state index in [9.17, 15) is 14.7 Å². The van der Waals surface area contributed by atoms with Gasteiger partial charge in [-0.25, -0.2) is 0 Å². The van der Waals surface area contributed by atoms with E-state index < -0.39 is 0 Å². The van der Waals surface area contributed by atoms with Gasteiger partial charge in [-0.1, -0.05) is 42.0 Å². The van der Waals surface area contributed by atoms with Crippen LogP contribution in [0.4, 0.5) is 0 Å². The van der Waals surface area contributed by atoms with Gasteiger partial charge in [-0.3, -0.25) is 9.59 Å². The quantitative estimate of drug-likeness (QED) is 0.502. The van der Waals surface area contributed by atoms with E-state index >= 15 is 0 Å². The maximum Gasteiger partial charge on any atom is 0.170 e. The summed E-state index contributed by atoms with van der Waals surface area (Å²) in [7, 11) is 0. The minimum absolute atomic E-state index is 0.0740. The van der Waals surface area contributed by atoms with Gasteiger partial charge in [-0.15, -0.1) is 0 Å². The first kappa shape index (κ1) is 17.9. The van der Waals surface area contributed by atoms with Crippen molar-refractivity contribution >= 4 is 17.3 Å². The zero-order chi connectivity index (χ0) is 18.7. The molecule has 0 atom stereocenters. The zero-order valence-corrected chi connectivity index (χ0v) is 15.0. The summed E-state index contributed by atoms with van der Waals surface area (Å²) in [6.45, 7) is 4.25. The number of Topliss-reactive ketones (excluding diaryl/α,β-unsaturated/α-hetero) is 2. The number of benzene rings is 2. The van der Waals surface area contributed by atoms with Crippen molar-refractivity contribution in [1.82, 2.24) is 0 Å². The van der Waals surface area contributed by atoms with Crippen LogP contribution < -0.4 is 4.74 Å². The molecular formula is C22H22O4. The topological polar surface area (TPSA) is 63.6 Å². The van der Waals surface area contributed by atoms with Crippen LogP contribution >= 0.6 is 0 Å². The van der Waals surface area contributed by atoms with Crippen LogP contribution in [0.25, 0.3) is 5.76 Å². The van der Waals surface area contributed by atoms with E-state index in [2.05, 4.69) is 0 Å². The van der Waals surface area contributed by atoms with Crippen LogP contribution in [0.5, 0.6) is 5.75 Å². The summed E-state index contributed by atoms with van der Waals surface area (Å²) in [6, 6.07) is 13.3. The average molecular weight is 350 g/mol. The molecule has 0 aliphatic heterocycles. The van der Waals surface area contributed by atoms with E-state index in [-0.39, 0.29) is 22.9 Å². The van der Waals surface area contributed by atoms with Crippen LogP contribution in [0.3, 0.4) is 0 Å². The molecule has 3 rings (SSSR count). The van der Waals surface area contributed by atoms with Crippen molar-refractivity contribution in [3.8, 4) is 5.75 Å². The van der Waals surface area contributed by atoms with Crippen molar-refractivity contribution < 1.29 is 19.4 Å². The molecule has 1 saturated carbocycles. The Balaban J connectivity index is 1.88. The molecule has 134 valence electrons. The first-order valence-corrected chi connectivity index (χ1v) is 8.75. The summed E-state index contributed by atoms with van der Waals surface area (Å²) in [4.78, 5) is 24.2. The van der Waals surface area contributed by atoms with Crippen molar-refractivity contribution in [2.45, 2.75) is 39.7 Å². The molecule has 4 nitrogen and oxygen atoms in total. The van der Waals surface area contributed by atoms with Gasteiger partial charge in [0.15, 0.2) is 11.6 Å². The van der Waals surface area contributed by atoms with Crippen molar-refractivity contribution in [1.29, 1.82) is 0 Å². The summed E-state index contributed by atoms with van der Waals surface area (Å²) in [5, 5.41) is 10.6. The number of aryl methyl sites for hydroxylation is 1. The number of ether oxygens (including phenoxy) is 1. The van der Waals surface area contributed by atoms with Gasteiger partial charge in [0.25, 0.3) is 0 Å². The smallest absolute Gasteiger partial charge is 0.170 e. The Kier molecular flexibility index (Phi) is 5.21. The van der Waals surface area contributed by atoms with Gasteiger partial charge >= 0.3 is 0 Å². The SMILES string of the molecule is Cc1ccc(COc2cccc(C(O)=C3C(=O)CCCC3=O)c2C)cc1. The minimum atomic E-state index is -0.288. The molecule has 1 fully saturated rings. The van der Waals surface area contributed by atoms with Crippen LogP contribution in [0, 0.1) is 13.8 Å². The van der Waals surface area contributed by atoms with Crippen molar-refractivity contribution in [3.05, 3.63) is 70.3 Å². The predicted octanol–water partition coefficient (Wildman–Crippen LogP) is 4.47. The van der Waals surface area contributed by atoms with Gasteiger partial charge in [0.2, 0.25) is 0 Å². The zero-order valence-electron chi connectivity index (χ0n) is 15.0. The maximum atomic E-state index is 12.1. The lowest BCUT2D eigenvalue weighted by atomic mass is 9.89. The van der Waals surface area contributed by atoms with Gasteiger partial charge in [0.1, 0.15) is 23.7 Å². The molecule has 1 aliphatic rings. The van der Waals surface area contributed by atoms with Crippen LogP contribution in [-0.2, 0) is 16.2 Å². The van der Waals surface area contributed by atoms with E-state index in [0.717, 1.165) is 5.56 Å². The molecule has 0 aromatic heterocycles. The Morgan fingerprint density at radius 3 is 2.31 bits per heavy atom. The number of hydrogen-bond donors (Lipinski definition) is 1. The van der Waals surface area contributed by atoms with Gasteiger partial charge in [0.05, 0.1) is 0 Å². The van der Waals surface area contributed by atoms with Crippen molar-refractivity contribution in [2.75, 3.05) is 0 Å². The first-order valence-electron chi connectivity index (χ1n) is 8.75. The maximum absolute atomic E-state index is 12.1. The Morgan fingerprint density at radius 1 is 1.00 bits per heavy atom. The number of aliphatic hydroxyl groups excluding tert-OH is 1. The summed E-state index contributed by atoms with van der Waals surface area (Å²) >= 11 is 0. The number of carbonyl (C=O) groups is 2. The fraction of sp³-hybridized carbons (Fsp3) is 0.273. The van der Waals surface area contributed by atoms with E-state index in [4.69, 9.17) is 4.74 Å². The lowest BCUT2D eigenvalue weighted by molar-refractivity contribution is -0.123. The third-order valence-electron chi connectivity index (χ3n) is 4.66. The van der Waals surface area contributed by atoms with Crippen LogP contribution in [-0.4, -0.2) is 16.7 Å². The lowest BCUT2D eigenvalue weighted by Crippen LogP contribution is -2.20. The number of ketones is 2. The van der Waals surface area contributed by atoms with E-state index in [1.165, 1.54) is 5.56 Å². The first-order chi connectivity index (χ1) is 12.5. The molecule has 26 heavy (non-hydrogen) atoms. The fourth-order valence-electron chi connectivity index (χ4n) is 3.09. The third kappa shape index (κ3) is 3.69. The number of carbonyl (C=O) groups excluding carboxylic acids is 2. The molecule has 2 aromatic carbocycles. The van der Waals surface area contributed by atoms with Crippen LogP contribution in [0.1, 0.15) is 41.5 Å². The second kappa shape index (κ2) is 7.56. The summed E-state index contributed by atoms with van der Waals surface area (Å²) in [6.07, 6.45) is 1.15. The van der Waals surface area contributed by atoms with Gasteiger partial charge < -0.3 is 9.84 Å². The molecule has 0 bridgehead atoms. The highest BCUT2D eigenvalue weighted by atomic mass is 16.5. The van der Waals surface area contributed by atoms with Crippen molar-refractivity contribution in [3.63, 3.8) is 0 Å². The number of hydrogen-bond acceptors (Lipinski definition) is 4. The van der Waals surface area contributed by atoms with Gasteiger partial charge in [-0.2, -0.15) is 0 Å². The minimum Gasteiger partial charge on any atom is -0.506 e. The Morgan fingerprint density at radius 2 is 1.65 bits per heavy atom. The molecule has 0 saturated heterocycles. The molecule has 2 aromatic rings. The summed E-state index contributed by atoms with van der Waals surface area (Å²) in [5.74, 6) is -0.197. The largest absolute Gasteiger partial charge is 0.506 e. The monoisotopic (exact) mass is 350 g/mol. The van der Waals surface area contributed by atoms with E-state index in [1.54, 1.807) is 12.1 Å². The fourth-order valence-corrected chi connectivity index (χ4v) is 3.09. The summed E-state index contributed by atoms with van der Waals surface area (Å²) < 4.78 is 5.89. The highest BCUT2D eigenvalue weighted by Crippen LogP contribution is 2.30. The molecular weight excluding hydrogens is 328 g/mol. The average Bonchev–Trinajstić information content (AvgIpc) is 2.62. The second-order valence-corrected chi connectivity index (χ2v) is 6.63. The Bertz CT molecular complexity index is 858. The van der Waals surface area contributed by atoms with Crippen LogP contribution in [0.2, 0.25) is 0 Å². The molecule has 1 aliphatic carbocycles. The van der Waals surface area contributed by atoms with E-state index in [1.807, 2.05) is 44.2 Å². The molecule has 4 heteroatoms. The standard InChI is InChI=1S/C22H22O4/c1-14-9-11-16(12-10-14)13-26-20-8-3-5-17(15(20)2)22(25)21-18(23)6-4-7-19(21)24/h3,5,8-12,25H,4,6-7,13H2,1-2H3. The van der Waals surface area contributed by atoms with Crippen LogP contribution in [0.15, 0.2) is 48.0 Å². The normalized spacial score (nSPS) is 14.5. The summed E-state index contributed by atoms with van der Waals surface area (Å²) in [5.41, 5.74) is 3.32. The predicted molar refractivity (Wildman–Crippen MR) is 100 cm³/mol. The Hall–Kier alpha value is -2.88.